The third kappa shape index (κ3) is 4.88. The van der Waals surface area contributed by atoms with Crippen LogP contribution in [0.3, 0.4) is 0 Å². The highest BCUT2D eigenvalue weighted by Gasteiger charge is 2.15. The van der Waals surface area contributed by atoms with Crippen molar-refractivity contribution in [1.29, 1.82) is 0 Å². The smallest absolute Gasteiger partial charge is 0.407 e. The molecule has 0 bridgehead atoms. The number of alkyl carbamates (subject to hydrolysis) is 1. The molecule has 0 saturated heterocycles. The van der Waals surface area contributed by atoms with E-state index in [-0.39, 0.29) is 6.09 Å². The predicted molar refractivity (Wildman–Crippen MR) is 89.6 cm³/mol. The highest BCUT2D eigenvalue weighted by atomic mass is 16.6. The zero-order chi connectivity index (χ0) is 16.0. The van der Waals surface area contributed by atoms with Crippen molar-refractivity contribution in [3.63, 3.8) is 0 Å². The zero-order valence-electron chi connectivity index (χ0n) is 13.3. The molecule has 22 heavy (non-hydrogen) atoms. The van der Waals surface area contributed by atoms with Gasteiger partial charge in [0, 0.05) is 18.1 Å². The number of hydrogen-bond acceptors (Lipinski definition) is 3. The average molecular weight is 298 g/mol. The first-order valence-corrected chi connectivity index (χ1v) is 7.43. The lowest BCUT2D eigenvalue weighted by molar-refractivity contribution is 0.0529. The van der Waals surface area contributed by atoms with Gasteiger partial charge in [-0.05, 0) is 44.7 Å². The van der Waals surface area contributed by atoms with Crippen LogP contribution in [0, 0.1) is 0 Å². The van der Waals surface area contributed by atoms with E-state index in [0.717, 1.165) is 17.5 Å². The number of rotatable bonds is 4. The fourth-order valence-corrected chi connectivity index (χ4v) is 2.04. The third-order valence-electron chi connectivity index (χ3n) is 2.96. The molecule has 0 radical (unpaired) electrons. The van der Waals surface area contributed by atoms with Gasteiger partial charge in [-0.25, -0.2) is 4.79 Å². The van der Waals surface area contributed by atoms with Crippen LogP contribution in [0.4, 0.5) is 4.79 Å². The molecule has 2 rings (SSSR count). The summed E-state index contributed by atoms with van der Waals surface area (Å²) in [5.41, 5.74) is 0.475. The Labute approximate surface area is 131 Å². The molecule has 4 nitrogen and oxygen atoms in total. The second-order valence-corrected chi connectivity index (χ2v) is 6.04. The van der Waals surface area contributed by atoms with Crippen LogP contribution >= 0.6 is 0 Å². The van der Waals surface area contributed by atoms with Gasteiger partial charge in [0.25, 0.3) is 0 Å². The van der Waals surface area contributed by atoms with Crippen molar-refractivity contribution in [1.82, 2.24) is 10.3 Å². The maximum absolute atomic E-state index is 11.5. The number of benzene rings is 1. The second kappa shape index (κ2) is 7.07. The van der Waals surface area contributed by atoms with Gasteiger partial charge in [0.2, 0.25) is 0 Å². The average Bonchev–Trinajstić information content (AvgIpc) is 2.45. The molecule has 0 spiro atoms. The van der Waals surface area contributed by atoms with E-state index in [1.165, 1.54) is 5.39 Å². The Balaban J connectivity index is 1.86. The Kier molecular flexibility index (Phi) is 5.15. The first kappa shape index (κ1) is 16.0. The first-order valence-electron chi connectivity index (χ1n) is 7.43. The largest absolute Gasteiger partial charge is 0.444 e. The minimum atomic E-state index is -0.465. The maximum atomic E-state index is 11.5. The van der Waals surface area contributed by atoms with Crippen LogP contribution in [0.2, 0.25) is 0 Å². The zero-order valence-corrected chi connectivity index (χ0v) is 13.3. The van der Waals surface area contributed by atoms with Gasteiger partial charge in [-0.2, -0.15) is 0 Å². The quantitative estimate of drug-likeness (QED) is 0.862. The number of carbonyl (C=O) groups excluding carboxylic acids is 1. The SMILES string of the molecule is CC(C)(C)OC(=O)NCCC=Cc1nccc2ccccc12. The number of fused-ring (bicyclic) bond motifs is 1. The van der Waals surface area contributed by atoms with Gasteiger partial charge >= 0.3 is 6.09 Å². The van der Waals surface area contributed by atoms with Gasteiger partial charge in [0.1, 0.15) is 5.60 Å². The summed E-state index contributed by atoms with van der Waals surface area (Å²) in [7, 11) is 0. The van der Waals surface area contributed by atoms with Crippen molar-refractivity contribution in [2.75, 3.05) is 6.54 Å². The van der Waals surface area contributed by atoms with E-state index < -0.39 is 5.60 Å². The summed E-state index contributed by atoms with van der Waals surface area (Å²) in [6, 6.07) is 10.1. The Morgan fingerprint density at radius 2 is 2.05 bits per heavy atom. The molecular weight excluding hydrogens is 276 g/mol. The van der Waals surface area contributed by atoms with Crippen LogP contribution in [0.25, 0.3) is 16.8 Å². The second-order valence-electron chi connectivity index (χ2n) is 6.04. The van der Waals surface area contributed by atoms with Crippen molar-refractivity contribution in [3.05, 3.63) is 48.3 Å². The van der Waals surface area contributed by atoms with Crippen molar-refractivity contribution in [3.8, 4) is 0 Å². The normalized spacial score (nSPS) is 11.8. The summed E-state index contributed by atoms with van der Waals surface area (Å²) in [4.78, 5) is 15.9. The van der Waals surface area contributed by atoms with E-state index >= 15 is 0 Å². The van der Waals surface area contributed by atoms with E-state index in [2.05, 4.69) is 22.4 Å². The van der Waals surface area contributed by atoms with Crippen molar-refractivity contribution < 1.29 is 9.53 Å². The molecule has 2 aromatic rings. The lowest BCUT2D eigenvalue weighted by Crippen LogP contribution is -2.32. The van der Waals surface area contributed by atoms with E-state index in [4.69, 9.17) is 4.74 Å². The summed E-state index contributed by atoms with van der Waals surface area (Å²) in [5, 5.41) is 5.03. The number of aromatic nitrogens is 1. The third-order valence-corrected chi connectivity index (χ3v) is 2.96. The molecule has 116 valence electrons. The van der Waals surface area contributed by atoms with Crippen LogP contribution in [-0.4, -0.2) is 23.2 Å². The number of pyridine rings is 1. The van der Waals surface area contributed by atoms with E-state index in [1.807, 2.05) is 51.1 Å². The number of ether oxygens (including phenoxy) is 1. The van der Waals surface area contributed by atoms with Crippen LogP contribution in [0.1, 0.15) is 32.9 Å². The monoisotopic (exact) mass is 298 g/mol. The summed E-state index contributed by atoms with van der Waals surface area (Å²) in [6.45, 7) is 6.08. The first-order chi connectivity index (χ1) is 10.5. The Bertz CT molecular complexity index is 667. The molecule has 1 aromatic carbocycles. The van der Waals surface area contributed by atoms with Crippen LogP contribution < -0.4 is 5.32 Å². The van der Waals surface area contributed by atoms with E-state index in [1.54, 1.807) is 6.20 Å². The van der Waals surface area contributed by atoms with Crippen LogP contribution in [0.5, 0.6) is 0 Å². The van der Waals surface area contributed by atoms with E-state index in [9.17, 15) is 4.79 Å². The van der Waals surface area contributed by atoms with E-state index in [0.29, 0.717) is 6.54 Å². The number of amides is 1. The van der Waals surface area contributed by atoms with Gasteiger partial charge in [0.15, 0.2) is 0 Å². The van der Waals surface area contributed by atoms with Crippen LogP contribution in [-0.2, 0) is 4.74 Å². The molecule has 0 fully saturated rings. The minimum absolute atomic E-state index is 0.385. The number of nitrogens with zero attached hydrogens (tertiary/aromatic N) is 1. The van der Waals surface area contributed by atoms with Gasteiger partial charge in [-0.15, -0.1) is 0 Å². The molecular formula is C18H22N2O2. The minimum Gasteiger partial charge on any atom is -0.444 e. The summed E-state index contributed by atoms with van der Waals surface area (Å²) >= 11 is 0. The molecule has 1 N–H and O–H groups in total. The highest BCUT2D eigenvalue weighted by molar-refractivity contribution is 5.88. The van der Waals surface area contributed by atoms with Crippen molar-refractivity contribution in [2.24, 2.45) is 0 Å². The standard InChI is InChI=1S/C18H22N2O2/c1-18(2,3)22-17(21)20-12-7-6-10-16-15-9-5-4-8-14(15)11-13-19-16/h4-6,8-11,13H,7,12H2,1-3H3,(H,20,21). The molecule has 1 aromatic heterocycles. The molecule has 1 heterocycles. The predicted octanol–water partition coefficient (Wildman–Crippen LogP) is 4.16. The molecule has 0 aliphatic carbocycles. The van der Waals surface area contributed by atoms with Gasteiger partial charge in [0.05, 0.1) is 5.69 Å². The lowest BCUT2D eigenvalue weighted by atomic mass is 10.1. The molecule has 1 amide bonds. The summed E-state index contributed by atoms with van der Waals surface area (Å²) in [6.07, 6.45) is 6.14. The number of hydrogen-bond donors (Lipinski definition) is 1. The Morgan fingerprint density at radius 1 is 1.27 bits per heavy atom. The summed E-state index contributed by atoms with van der Waals surface area (Å²) in [5.74, 6) is 0. The molecule has 0 atom stereocenters. The van der Waals surface area contributed by atoms with Crippen molar-refractivity contribution >= 4 is 22.9 Å². The van der Waals surface area contributed by atoms with Gasteiger partial charge in [-0.1, -0.05) is 30.3 Å². The Hall–Kier alpha value is -2.36. The highest BCUT2D eigenvalue weighted by Crippen LogP contribution is 2.17. The topological polar surface area (TPSA) is 51.2 Å². The van der Waals surface area contributed by atoms with Gasteiger partial charge < -0.3 is 10.1 Å². The summed E-state index contributed by atoms with van der Waals surface area (Å²) < 4.78 is 5.17. The van der Waals surface area contributed by atoms with Crippen LogP contribution in [0.15, 0.2) is 42.6 Å². The fourth-order valence-electron chi connectivity index (χ4n) is 2.04. The fraction of sp³-hybridized carbons (Fsp3) is 0.333. The molecule has 4 heteroatoms. The number of nitrogens with one attached hydrogen (secondary N) is 1. The molecule has 0 aliphatic rings. The Morgan fingerprint density at radius 3 is 2.82 bits per heavy atom. The molecule has 0 aliphatic heterocycles. The lowest BCUT2D eigenvalue weighted by Gasteiger charge is -2.19. The van der Waals surface area contributed by atoms with Gasteiger partial charge in [-0.3, -0.25) is 4.98 Å². The maximum Gasteiger partial charge on any atom is 0.407 e. The van der Waals surface area contributed by atoms with Crippen molar-refractivity contribution in [2.45, 2.75) is 32.8 Å². The molecule has 0 saturated carbocycles. The molecule has 0 unspecified atom stereocenters. The number of carbonyl (C=O) groups is 1.